The van der Waals surface area contributed by atoms with Gasteiger partial charge in [-0.1, -0.05) is 30.3 Å². The molecule has 44 heavy (non-hydrogen) atoms. The number of carbonyl (C=O) groups is 3. The minimum atomic E-state index is -0.545. The molecule has 0 atom stereocenters. The molecule has 0 bridgehead atoms. The first-order chi connectivity index (χ1) is 21.3. The third-order valence-corrected chi connectivity index (χ3v) is 7.86. The monoisotopic (exact) mass is 675 g/mol. The maximum Gasteiger partial charge on any atom is 0.272 e. The van der Waals surface area contributed by atoms with E-state index in [1.807, 2.05) is 24.3 Å². The van der Waals surface area contributed by atoms with Gasteiger partial charge in [0.15, 0.2) is 11.5 Å². The van der Waals surface area contributed by atoms with Crippen LogP contribution in [0.25, 0.3) is 6.08 Å². The first kappa shape index (κ1) is 32.2. The van der Waals surface area contributed by atoms with Gasteiger partial charge in [0.2, 0.25) is 11.7 Å². The predicted octanol–water partition coefficient (Wildman–Crippen LogP) is 6.62. The van der Waals surface area contributed by atoms with E-state index in [9.17, 15) is 14.4 Å². The topological polar surface area (TPSA) is 115 Å². The van der Waals surface area contributed by atoms with Crippen LogP contribution in [-0.4, -0.2) is 44.8 Å². The van der Waals surface area contributed by atoms with Crippen molar-refractivity contribution in [3.05, 3.63) is 112 Å². The molecule has 0 radical (unpaired) electrons. The minimum absolute atomic E-state index is 0.00433. The molecule has 0 unspecified atom stereocenters. The number of halogens is 1. The molecule has 0 spiro atoms. The van der Waals surface area contributed by atoms with E-state index in [4.69, 9.17) is 14.2 Å². The van der Waals surface area contributed by atoms with E-state index in [0.29, 0.717) is 39.8 Å². The van der Waals surface area contributed by atoms with Gasteiger partial charge in [0.05, 0.1) is 32.8 Å². The van der Waals surface area contributed by atoms with Crippen LogP contribution in [0.4, 0.5) is 11.4 Å². The molecular formula is C33H30BrN3O6S. The maximum absolute atomic E-state index is 13.5. The summed E-state index contributed by atoms with van der Waals surface area (Å²) in [5.74, 6) is 0.254. The lowest BCUT2D eigenvalue weighted by atomic mass is 10.1. The smallest absolute Gasteiger partial charge is 0.272 e. The number of benzene rings is 4. The van der Waals surface area contributed by atoms with E-state index >= 15 is 0 Å². The van der Waals surface area contributed by atoms with E-state index < -0.39 is 11.8 Å². The van der Waals surface area contributed by atoms with Crippen LogP contribution in [0.3, 0.4) is 0 Å². The van der Waals surface area contributed by atoms with Crippen LogP contribution in [-0.2, 0) is 9.59 Å². The molecule has 0 heterocycles. The van der Waals surface area contributed by atoms with E-state index in [-0.39, 0.29) is 17.4 Å². The molecule has 3 amide bonds. The van der Waals surface area contributed by atoms with Crippen molar-refractivity contribution >= 4 is 62.9 Å². The van der Waals surface area contributed by atoms with Crippen molar-refractivity contribution in [1.29, 1.82) is 0 Å². The van der Waals surface area contributed by atoms with E-state index in [0.717, 1.165) is 9.37 Å². The number of para-hydroxylation sites is 1. The molecule has 0 aliphatic carbocycles. The van der Waals surface area contributed by atoms with Crippen LogP contribution in [0.15, 0.2) is 106 Å². The van der Waals surface area contributed by atoms with E-state index in [2.05, 4.69) is 31.9 Å². The van der Waals surface area contributed by atoms with Gasteiger partial charge < -0.3 is 30.2 Å². The quantitative estimate of drug-likeness (QED) is 0.114. The number of nitrogens with one attached hydrogen (secondary N) is 3. The lowest BCUT2D eigenvalue weighted by Crippen LogP contribution is -2.30. The van der Waals surface area contributed by atoms with Crippen LogP contribution >= 0.6 is 27.7 Å². The summed E-state index contributed by atoms with van der Waals surface area (Å²) < 4.78 is 17.1. The minimum Gasteiger partial charge on any atom is -0.493 e. The van der Waals surface area contributed by atoms with Crippen molar-refractivity contribution < 1.29 is 28.6 Å². The molecule has 0 aliphatic heterocycles. The summed E-state index contributed by atoms with van der Waals surface area (Å²) >= 11 is 4.78. The number of hydrogen-bond acceptors (Lipinski definition) is 7. The molecule has 0 saturated heterocycles. The fourth-order valence-corrected chi connectivity index (χ4v) is 5.11. The van der Waals surface area contributed by atoms with Crippen molar-refractivity contribution in [3.8, 4) is 17.2 Å². The highest BCUT2D eigenvalue weighted by atomic mass is 79.9. The lowest BCUT2D eigenvalue weighted by Gasteiger charge is -2.15. The SMILES string of the molecule is COc1cc(/C=C(\NC(=O)c2ccccc2)C(=O)Nc2ccc(SCC(=O)Nc3ccccc3Br)cc2)cc(OC)c1OC. The second-order valence-corrected chi connectivity index (χ2v) is 11.0. The Morgan fingerprint density at radius 3 is 2.05 bits per heavy atom. The maximum atomic E-state index is 13.5. The molecule has 0 aromatic heterocycles. The van der Waals surface area contributed by atoms with Gasteiger partial charge in [-0.05, 0) is 88.2 Å². The number of methoxy groups -OCH3 is 3. The molecule has 0 aliphatic rings. The first-order valence-corrected chi connectivity index (χ1v) is 15.1. The Kier molecular flexibility index (Phi) is 11.4. The Morgan fingerprint density at radius 1 is 0.795 bits per heavy atom. The second-order valence-electron chi connectivity index (χ2n) is 9.13. The Hall–Kier alpha value is -4.74. The summed E-state index contributed by atoms with van der Waals surface area (Å²) in [6.45, 7) is 0. The highest BCUT2D eigenvalue weighted by molar-refractivity contribution is 9.10. The normalized spacial score (nSPS) is 10.9. The summed E-state index contributed by atoms with van der Waals surface area (Å²) in [4.78, 5) is 39.7. The molecule has 3 N–H and O–H groups in total. The highest BCUT2D eigenvalue weighted by Gasteiger charge is 2.18. The fraction of sp³-hybridized carbons (Fsp3) is 0.121. The third kappa shape index (κ3) is 8.65. The number of carbonyl (C=O) groups excluding carboxylic acids is 3. The summed E-state index contributed by atoms with van der Waals surface area (Å²) in [5.41, 5.74) is 2.12. The summed E-state index contributed by atoms with van der Waals surface area (Å²) in [7, 11) is 4.48. The van der Waals surface area contributed by atoms with Crippen molar-refractivity contribution in [1.82, 2.24) is 5.32 Å². The zero-order chi connectivity index (χ0) is 31.5. The van der Waals surface area contributed by atoms with Crippen molar-refractivity contribution in [2.24, 2.45) is 0 Å². The first-order valence-electron chi connectivity index (χ1n) is 13.3. The van der Waals surface area contributed by atoms with Gasteiger partial charge in [-0.25, -0.2) is 0 Å². The number of hydrogen-bond donors (Lipinski definition) is 3. The van der Waals surface area contributed by atoms with Gasteiger partial charge in [0.25, 0.3) is 11.8 Å². The number of rotatable bonds is 12. The zero-order valence-electron chi connectivity index (χ0n) is 24.2. The summed E-state index contributed by atoms with van der Waals surface area (Å²) in [5, 5.41) is 8.42. The number of ether oxygens (including phenoxy) is 3. The van der Waals surface area contributed by atoms with Crippen LogP contribution in [0.5, 0.6) is 17.2 Å². The van der Waals surface area contributed by atoms with Crippen molar-refractivity contribution in [3.63, 3.8) is 0 Å². The van der Waals surface area contributed by atoms with Crippen LogP contribution < -0.4 is 30.2 Å². The van der Waals surface area contributed by atoms with Gasteiger partial charge in [-0.15, -0.1) is 11.8 Å². The molecule has 9 nitrogen and oxygen atoms in total. The predicted molar refractivity (Wildman–Crippen MR) is 177 cm³/mol. The van der Waals surface area contributed by atoms with Gasteiger partial charge in [-0.2, -0.15) is 0 Å². The molecule has 226 valence electrons. The number of thioether (sulfide) groups is 1. The third-order valence-electron chi connectivity index (χ3n) is 6.16. The van der Waals surface area contributed by atoms with Gasteiger partial charge >= 0.3 is 0 Å². The average molecular weight is 677 g/mol. The number of anilines is 2. The van der Waals surface area contributed by atoms with E-state index in [1.165, 1.54) is 39.2 Å². The van der Waals surface area contributed by atoms with Crippen molar-refractivity contribution in [2.75, 3.05) is 37.7 Å². The molecule has 11 heteroatoms. The van der Waals surface area contributed by atoms with Crippen molar-refractivity contribution in [2.45, 2.75) is 4.90 Å². The standard InChI is InChI=1S/C33H30BrN3O6S/c1-41-28-18-21(19-29(42-2)31(28)43-3)17-27(37-32(39)22-9-5-4-6-10-22)33(40)35-23-13-15-24(16-14-23)44-20-30(38)36-26-12-8-7-11-25(26)34/h4-19H,20H2,1-3H3,(H,35,40)(H,36,38)(H,37,39)/b27-17-. The lowest BCUT2D eigenvalue weighted by molar-refractivity contribution is -0.114. The zero-order valence-corrected chi connectivity index (χ0v) is 26.6. The molecule has 0 fully saturated rings. The summed E-state index contributed by atoms with van der Waals surface area (Å²) in [6, 6.07) is 26.4. The molecule has 4 rings (SSSR count). The highest BCUT2D eigenvalue weighted by Crippen LogP contribution is 2.38. The van der Waals surface area contributed by atoms with Gasteiger partial charge in [-0.3, -0.25) is 14.4 Å². The fourth-order valence-electron chi connectivity index (χ4n) is 4.02. The molecular weight excluding hydrogens is 646 g/mol. The van der Waals surface area contributed by atoms with Crippen LogP contribution in [0.2, 0.25) is 0 Å². The average Bonchev–Trinajstić information content (AvgIpc) is 3.05. The molecule has 4 aromatic rings. The Labute approximate surface area is 268 Å². The molecule has 4 aromatic carbocycles. The Balaban J connectivity index is 1.50. The summed E-state index contributed by atoms with van der Waals surface area (Å²) in [6.07, 6.45) is 1.52. The van der Waals surface area contributed by atoms with Crippen LogP contribution in [0.1, 0.15) is 15.9 Å². The molecule has 0 saturated carbocycles. The Morgan fingerprint density at radius 2 is 1.43 bits per heavy atom. The van der Waals surface area contributed by atoms with Gasteiger partial charge in [0, 0.05) is 20.6 Å². The largest absolute Gasteiger partial charge is 0.493 e. The number of amides is 3. The second kappa shape index (κ2) is 15.6. The van der Waals surface area contributed by atoms with Crippen LogP contribution in [0, 0.1) is 0 Å². The Bertz CT molecular complexity index is 1640. The van der Waals surface area contributed by atoms with E-state index in [1.54, 1.807) is 66.7 Å². The van der Waals surface area contributed by atoms with Gasteiger partial charge in [0.1, 0.15) is 5.70 Å².